The van der Waals surface area contributed by atoms with Gasteiger partial charge in [0, 0.05) is 13.1 Å². The molecule has 0 spiro atoms. The Kier molecular flexibility index (Phi) is 4.11. The van der Waals surface area contributed by atoms with Crippen LogP contribution in [0.5, 0.6) is 0 Å². The highest BCUT2D eigenvalue weighted by Gasteiger charge is 2.22. The fraction of sp³-hybridized carbons (Fsp3) is 0.333. The van der Waals surface area contributed by atoms with Crippen LogP contribution in [-0.4, -0.2) is 43.1 Å². The molecule has 5 nitrogen and oxygen atoms in total. The molecule has 0 atom stereocenters. The number of carbonyl (C=O) groups excluding carboxylic acids is 2. The second-order valence-corrected chi connectivity index (χ2v) is 4.08. The minimum Gasteiger partial charge on any atom is -0.448 e. The lowest BCUT2D eigenvalue weighted by Crippen LogP contribution is -2.35. The predicted molar refractivity (Wildman–Crippen MR) is 61.6 cm³/mol. The minimum atomic E-state index is -1.69. The Morgan fingerprint density at radius 2 is 2.05 bits per heavy atom. The lowest BCUT2D eigenvalue weighted by atomic mass is 10.2. The minimum absolute atomic E-state index is 0.0480. The van der Waals surface area contributed by atoms with E-state index < -0.39 is 35.0 Å². The summed E-state index contributed by atoms with van der Waals surface area (Å²) in [6.07, 6.45) is -0.488. The van der Waals surface area contributed by atoms with E-state index in [1.54, 1.807) is 0 Å². The molecule has 0 unspecified atom stereocenters. The Bertz CT molecular complexity index is 551. The lowest BCUT2D eigenvalue weighted by Gasteiger charge is -2.13. The van der Waals surface area contributed by atoms with Crippen molar-refractivity contribution in [2.75, 3.05) is 26.2 Å². The smallest absolute Gasteiger partial charge is 0.409 e. The molecule has 0 aliphatic carbocycles. The van der Waals surface area contributed by atoms with Crippen LogP contribution in [-0.2, 0) is 4.74 Å². The summed E-state index contributed by atoms with van der Waals surface area (Å²) in [4.78, 5) is 24.1. The summed E-state index contributed by atoms with van der Waals surface area (Å²) in [5.74, 6) is -5.48. The highest BCUT2D eigenvalue weighted by atomic mass is 19.2. The quantitative estimate of drug-likeness (QED) is 0.849. The van der Waals surface area contributed by atoms with Crippen LogP contribution in [0.1, 0.15) is 10.4 Å². The Labute approximate surface area is 112 Å². The van der Waals surface area contributed by atoms with Crippen molar-refractivity contribution in [1.29, 1.82) is 0 Å². The molecule has 1 aliphatic rings. The van der Waals surface area contributed by atoms with Crippen LogP contribution in [0.4, 0.5) is 18.0 Å². The molecule has 2 rings (SSSR count). The summed E-state index contributed by atoms with van der Waals surface area (Å²) < 4.78 is 43.7. The van der Waals surface area contributed by atoms with Crippen LogP contribution in [0, 0.1) is 17.5 Å². The van der Waals surface area contributed by atoms with Gasteiger partial charge in [-0.3, -0.25) is 4.79 Å². The Morgan fingerprint density at radius 1 is 1.30 bits per heavy atom. The molecule has 0 saturated carbocycles. The molecule has 0 aromatic heterocycles. The maximum atomic E-state index is 13.3. The van der Waals surface area contributed by atoms with Gasteiger partial charge in [0.1, 0.15) is 6.61 Å². The maximum Gasteiger partial charge on any atom is 0.409 e. The number of benzene rings is 1. The van der Waals surface area contributed by atoms with Crippen LogP contribution in [0.25, 0.3) is 0 Å². The molecule has 1 aliphatic heterocycles. The molecule has 1 saturated heterocycles. The first-order valence-electron chi connectivity index (χ1n) is 5.84. The van der Waals surface area contributed by atoms with Crippen LogP contribution in [0.15, 0.2) is 12.1 Å². The molecule has 8 heteroatoms. The molecule has 2 amide bonds. The van der Waals surface area contributed by atoms with Gasteiger partial charge >= 0.3 is 6.09 Å². The fourth-order valence-electron chi connectivity index (χ4n) is 1.73. The second-order valence-electron chi connectivity index (χ2n) is 4.08. The van der Waals surface area contributed by atoms with E-state index in [0.717, 1.165) is 6.07 Å². The summed E-state index contributed by atoms with van der Waals surface area (Å²) in [5, 5.41) is 2.32. The maximum absolute atomic E-state index is 13.3. The second kappa shape index (κ2) is 5.81. The summed E-state index contributed by atoms with van der Waals surface area (Å²) in [5.41, 5.74) is -0.590. The Morgan fingerprint density at radius 3 is 2.70 bits per heavy atom. The number of amides is 2. The van der Waals surface area contributed by atoms with E-state index in [1.165, 1.54) is 4.90 Å². The van der Waals surface area contributed by atoms with Crippen molar-refractivity contribution in [2.24, 2.45) is 0 Å². The standard InChI is InChI=1S/C12H11F3N2O3/c13-8-2-1-7(9(14)10(8)15)11(18)16-3-4-17-5-6-20-12(17)19/h1-2H,3-6H2,(H,16,18). The SMILES string of the molecule is O=C(NCCN1CCOC1=O)c1ccc(F)c(F)c1F. The third-order valence-electron chi connectivity index (χ3n) is 2.79. The fourth-order valence-corrected chi connectivity index (χ4v) is 1.73. The van der Waals surface area contributed by atoms with E-state index in [9.17, 15) is 22.8 Å². The summed E-state index contributed by atoms with van der Waals surface area (Å²) in [7, 11) is 0. The average Bonchev–Trinajstić information content (AvgIpc) is 2.82. The van der Waals surface area contributed by atoms with Crippen LogP contribution >= 0.6 is 0 Å². The van der Waals surface area contributed by atoms with E-state index >= 15 is 0 Å². The van der Waals surface area contributed by atoms with Gasteiger partial charge in [-0.2, -0.15) is 0 Å². The summed E-state index contributed by atoms with van der Waals surface area (Å²) in [6.45, 7) is 0.932. The van der Waals surface area contributed by atoms with Gasteiger partial charge in [-0.1, -0.05) is 0 Å². The molecule has 108 valence electrons. The molecule has 1 aromatic carbocycles. The molecule has 1 heterocycles. The molecule has 1 fully saturated rings. The van der Waals surface area contributed by atoms with Gasteiger partial charge in [0.25, 0.3) is 5.91 Å². The number of hydrogen-bond donors (Lipinski definition) is 1. The average molecular weight is 288 g/mol. The normalized spacial score (nSPS) is 14.3. The first-order chi connectivity index (χ1) is 9.50. The number of hydrogen-bond acceptors (Lipinski definition) is 3. The molecule has 0 radical (unpaired) electrons. The molecular weight excluding hydrogens is 277 g/mol. The van der Waals surface area contributed by atoms with Crippen molar-refractivity contribution in [3.8, 4) is 0 Å². The number of nitrogens with one attached hydrogen (secondary N) is 1. The molecule has 1 aromatic rings. The molecule has 20 heavy (non-hydrogen) atoms. The topological polar surface area (TPSA) is 58.6 Å². The number of halogens is 3. The zero-order chi connectivity index (χ0) is 14.7. The van der Waals surface area contributed by atoms with Gasteiger partial charge in [-0.25, -0.2) is 18.0 Å². The van der Waals surface area contributed by atoms with E-state index in [1.807, 2.05) is 0 Å². The van der Waals surface area contributed by atoms with Gasteiger partial charge in [-0.15, -0.1) is 0 Å². The highest BCUT2D eigenvalue weighted by Crippen LogP contribution is 2.14. The van der Waals surface area contributed by atoms with Crippen LogP contribution in [0.3, 0.4) is 0 Å². The van der Waals surface area contributed by atoms with Gasteiger partial charge in [0.2, 0.25) is 0 Å². The first kappa shape index (κ1) is 14.2. The zero-order valence-corrected chi connectivity index (χ0v) is 10.3. The van der Waals surface area contributed by atoms with E-state index in [4.69, 9.17) is 0 Å². The van der Waals surface area contributed by atoms with Gasteiger partial charge in [-0.05, 0) is 12.1 Å². The van der Waals surface area contributed by atoms with Gasteiger partial charge < -0.3 is 15.0 Å². The highest BCUT2D eigenvalue weighted by molar-refractivity contribution is 5.94. The van der Waals surface area contributed by atoms with Crippen molar-refractivity contribution < 1.29 is 27.5 Å². The largest absolute Gasteiger partial charge is 0.448 e. The van der Waals surface area contributed by atoms with Gasteiger partial charge in [0.15, 0.2) is 17.5 Å². The molecule has 0 bridgehead atoms. The zero-order valence-electron chi connectivity index (χ0n) is 10.3. The Balaban J connectivity index is 1.92. The number of carbonyl (C=O) groups is 2. The van der Waals surface area contributed by atoms with Crippen molar-refractivity contribution in [3.05, 3.63) is 35.1 Å². The predicted octanol–water partition coefficient (Wildman–Crippen LogP) is 1.29. The number of rotatable bonds is 4. The summed E-state index contributed by atoms with van der Waals surface area (Å²) >= 11 is 0. The van der Waals surface area contributed by atoms with Crippen molar-refractivity contribution in [3.63, 3.8) is 0 Å². The number of ether oxygens (including phenoxy) is 1. The van der Waals surface area contributed by atoms with Gasteiger partial charge in [0.05, 0.1) is 12.1 Å². The molecule has 1 N–H and O–H groups in total. The van der Waals surface area contributed by atoms with Crippen molar-refractivity contribution in [2.45, 2.75) is 0 Å². The van der Waals surface area contributed by atoms with Crippen molar-refractivity contribution in [1.82, 2.24) is 10.2 Å². The van der Waals surface area contributed by atoms with Crippen LogP contribution in [0.2, 0.25) is 0 Å². The molecular formula is C12H11F3N2O3. The lowest BCUT2D eigenvalue weighted by molar-refractivity contribution is 0.0943. The van der Waals surface area contributed by atoms with Crippen LogP contribution < -0.4 is 5.32 Å². The van der Waals surface area contributed by atoms with E-state index in [0.29, 0.717) is 12.6 Å². The third kappa shape index (κ3) is 2.84. The monoisotopic (exact) mass is 288 g/mol. The summed E-state index contributed by atoms with van der Waals surface area (Å²) in [6, 6.07) is 1.53. The number of cyclic esters (lactones) is 1. The van der Waals surface area contributed by atoms with E-state index in [-0.39, 0.29) is 19.7 Å². The first-order valence-corrected chi connectivity index (χ1v) is 5.84. The van der Waals surface area contributed by atoms with E-state index in [2.05, 4.69) is 10.1 Å². The van der Waals surface area contributed by atoms with Crippen molar-refractivity contribution >= 4 is 12.0 Å². The third-order valence-corrected chi connectivity index (χ3v) is 2.79. The number of nitrogens with zero attached hydrogens (tertiary/aromatic N) is 1. The Hall–Kier alpha value is -2.25.